The number of nitrogens with zero attached hydrogens (tertiary/aromatic N) is 2. The monoisotopic (exact) mass is 467 g/mol. The number of hydrogen-bond acceptors (Lipinski definition) is 4. The molecule has 30 heavy (non-hydrogen) atoms. The molecule has 5 nitrogen and oxygen atoms in total. The van der Waals surface area contributed by atoms with E-state index in [1.165, 1.54) is 6.07 Å². The normalized spacial score (nSPS) is 10.8. The van der Waals surface area contributed by atoms with Gasteiger partial charge in [0.25, 0.3) is 0 Å². The van der Waals surface area contributed by atoms with Gasteiger partial charge in [-0.15, -0.1) is 0 Å². The van der Waals surface area contributed by atoms with Crippen molar-refractivity contribution >= 4 is 15.9 Å². The first-order chi connectivity index (χ1) is 14.5. The smallest absolute Gasteiger partial charge is 0.139 e. The Labute approximate surface area is 182 Å². The van der Waals surface area contributed by atoms with Crippen LogP contribution in [0.1, 0.15) is 11.3 Å². The largest absolute Gasteiger partial charge is 0.496 e. The Hall–Kier alpha value is -3.19. The summed E-state index contributed by atoms with van der Waals surface area (Å²) in [5.74, 6) is 1.61. The van der Waals surface area contributed by atoms with E-state index in [0.717, 1.165) is 28.3 Å². The lowest BCUT2D eigenvalue weighted by Crippen LogP contribution is -1.99. The Balaban J connectivity index is 1.54. The maximum absolute atomic E-state index is 14.0. The number of nitrogens with one attached hydrogen (secondary N) is 1. The number of aromatic amines is 1. The standard InChI is InChI=1S/C23H19BrFN3O2/c1-14-3-4-15(11-26-14)23-27-12-21(28-23)19-8-7-18(10-22(19)29-2)30-13-16-5-6-17(24)9-20(16)25/h3-12H,13H2,1-2H3,(H,27,28). The number of rotatable bonds is 6. The van der Waals surface area contributed by atoms with Crippen LogP contribution in [0, 0.1) is 12.7 Å². The SMILES string of the molecule is COc1cc(OCc2ccc(Br)cc2F)ccc1-c1c[nH]c(-c2ccc(C)nc2)n1. The highest BCUT2D eigenvalue weighted by molar-refractivity contribution is 9.10. The number of imidazole rings is 1. The molecule has 0 saturated heterocycles. The molecular weight excluding hydrogens is 449 g/mol. The van der Waals surface area contributed by atoms with Crippen LogP contribution in [0.2, 0.25) is 0 Å². The number of aryl methyl sites for hydroxylation is 1. The van der Waals surface area contributed by atoms with Gasteiger partial charge in [0.15, 0.2) is 0 Å². The van der Waals surface area contributed by atoms with Crippen LogP contribution in [0.3, 0.4) is 0 Å². The van der Waals surface area contributed by atoms with E-state index in [2.05, 4.69) is 30.9 Å². The molecule has 7 heteroatoms. The lowest BCUT2D eigenvalue weighted by atomic mass is 10.1. The predicted octanol–water partition coefficient (Wildman–Crippen LogP) is 5.94. The van der Waals surface area contributed by atoms with Crippen LogP contribution < -0.4 is 9.47 Å². The third-order valence-corrected chi connectivity index (χ3v) is 5.11. The maximum Gasteiger partial charge on any atom is 0.139 e. The van der Waals surface area contributed by atoms with Crippen LogP contribution in [-0.2, 0) is 6.61 Å². The molecular formula is C23H19BrFN3O2. The number of pyridine rings is 1. The van der Waals surface area contributed by atoms with E-state index in [0.29, 0.717) is 21.5 Å². The average molecular weight is 468 g/mol. The minimum absolute atomic E-state index is 0.120. The van der Waals surface area contributed by atoms with Crippen molar-refractivity contribution in [3.63, 3.8) is 0 Å². The third kappa shape index (κ3) is 4.36. The van der Waals surface area contributed by atoms with Gasteiger partial charge in [-0.25, -0.2) is 9.37 Å². The zero-order chi connectivity index (χ0) is 21.1. The van der Waals surface area contributed by atoms with E-state index in [1.54, 1.807) is 31.5 Å². The van der Waals surface area contributed by atoms with E-state index >= 15 is 0 Å². The van der Waals surface area contributed by atoms with Crippen LogP contribution >= 0.6 is 15.9 Å². The van der Waals surface area contributed by atoms with Crippen LogP contribution in [0.5, 0.6) is 11.5 Å². The van der Waals surface area contributed by atoms with Gasteiger partial charge in [-0.2, -0.15) is 0 Å². The molecule has 2 aromatic carbocycles. The quantitative estimate of drug-likeness (QED) is 0.381. The summed E-state index contributed by atoms with van der Waals surface area (Å²) >= 11 is 3.25. The van der Waals surface area contributed by atoms with Gasteiger partial charge in [0.2, 0.25) is 0 Å². The molecule has 2 heterocycles. The van der Waals surface area contributed by atoms with E-state index in [1.807, 2.05) is 37.4 Å². The van der Waals surface area contributed by atoms with Gasteiger partial charge in [0.05, 0.1) is 12.8 Å². The number of H-pyrrole nitrogens is 1. The molecule has 0 fully saturated rings. The maximum atomic E-state index is 14.0. The highest BCUT2D eigenvalue weighted by Crippen LogP contribution is 2.33. The van der Waals surface area contributed by atoms with Crippen molar-refractivity contribution in [1.82, 2.24) is 15.0 Å². The van der Waals surface area contributed by atoms with E-state index < -0.39 is 0 Å². The first-order valence-electron chi connectivity index (χ1n) is 9.27. The Morgan fingerprint density at radius 2 is 1.97 bits per heavy atom. The van der Waals surface area contributed by atoms with Crippen molar-refractivity contribution in [2.24, 2.45) is 0 Å². The van der Waals surface area contributed by atoms with E-state index in [9.17, 15) is 4.39 Å². The van der Waals surface area contributed by atoms with Crippen molar-refractivity contribution in [2.75, 3.05) is 7.11 Å². The molecule has 0 bridgehead atoms. The van der Waals surface area contributed by atoms with Gasteiger partial charge in [-0.3, -0.25) is 4.98 Å². The lowest BCUT2D eigenvalue weighted by molar-refractivity contribution is 0.297. The van der Waals surface area contributed by atoms with Crippen LogP contribution in [0.4, 0.5) is 4.39 Å². The van der Waals surface area contributed by atoms with Crippen molar-refractivity contribution < 1.29 is 13.9 Å². The second-order valence-electron chi connectivity index (χ2n) is 6.71. The first-order valence-corrected chi connectivity index (χ1v) is 10.1. The Kier molecular flexibility index (Phi) is 5.81. The van der Waals surface area contributed by atoms with Gasteiger partial charge < -0.3 is 14.5 Å². The summed E-state index contributed by atoms with van der Waals surface area (Å²) in [6.07, 6.45) is 3.61. The summed E-state index contributed by atoms with van der Waals surface area (Å²) < 4.78 is 26.0. The zero-order valence-corrected chi connectivity index (χ0v) is 18.0. The minimum atomic E-state index is -0.317. The molecule has 0 aliphatic carbocycles. The molecule has 0 saturated carbocycles. The molecule has 152 valence electrons. The molecule has 4 aromatic rings. The van der Waals surface area contributed by atoms with Crippen LogP contribution in [0.15, 0.2) is 65.4 Å². The summed E-state index contributed by atoms with van der Waals surface area (Å²) in [4.78, 5) is 12.2. The number of methoxy groups -OCH3 is 1. The Morgan fingerprint density at radius 3 is 2.70 bits per heavy atom. The van der Waals surface area contributed by atoms with Gasteiger partial charge in [-0.05, 0) is 43.3 Å². The second-order valence-corrected chi connectivity index (χ2v) is 7.62. The third-order valence-electron chi connectivity index (χ3n) is 4.62. The highest BCUT2D eigenvalue weighted by Gasteiger charge is 2.13. The summed E-state index contributed by atoms with van der Waals surface area (Å²) in [5.41, 5.74) is 3.90. The lowest BCUT2D eigenvalue weighted by Gasteiger charge is -2.11. The Morgan fingerprint density at radius 1 is 1.10 bits per heavy atom. The zero-order valence-electron chi connectivity index (χ0n) is 16.4. The van der Waals surface area contributed by atoms with Gasteiger partial charge in [-0.1, -0.05) is 22.0 Å². The van der Waals surface area contributed by atoms with Crippen molar-refractivity contribution in [2.45, 2.75) is 13.5 Å². The molecule has 0 radical (unpaired) electrons. The van der Waals surface area contributed by atoms with Crippen molar-refractivity contribution in [1.29, 1.82) is 0 Å². The number of halogens is 2. The van der Waals surface area contributed by atoms with E-state index in [-0.39, 0.29) is 12.4 Å². The van der Waals surface area contributed by atoms with Gasteiger partial charge in [0, 0.05) is 45.3 Å². The molecule has 0 aliphatic heterocycles. The van der Waals surface area contributed by atoms with E-state index in [4.69, 9.17) is 9.47 Å². The topological polar surface area (TPSA) is 60.0 Å². The van der Waals surface area contributed by atoms with Crippen molar-refractivity contribution in [3.05, 3.63) is 82.5 Å². The van der Waals surface area contributed by atoms with Crippen molar-refractivity contribution in [3.8, 4) is 34.1 Å². The summed E-state index contributed by atoms with van der Waals surface area (Å²) in [6.45, 7) is 2.06. The molecule has 0 aliphatic rings. The molecule has 0 spiro atoms. The highest BCUT2D eigenvalue weighted by atomic mass is 79.9. The molecule has 0 unspecified atom stereocenters. The molecule has 0 amide bonds. The number of ether oxygens (including phenoxy) is 2. The fraction of sp³-hybridized carbons (Fsp3) is 0.130. The number of aromatic nitrogens is 3. The predicted molar refractivity (Wildman–Crippen MR) is 117 cm³/mol. The molecule has 1 N–H and O–H groups in total. The first kappa shape index (κ1) is 20.1. The second kappa shape index (κ2) is 8.67. The fourth-order valence-corrected chi connectivity index (χ4v) is 3.32. The van der Waals surface area contributed by atoms with Gasteiger partial charge >= 0.3 is 0 Å². The van der Waals surface area contributed by atoms with Gasteiger partial charge in [0.1, 0.15) is 29.7 Å². The average Bonchev–Trinajstić information content (AvgIpc) is 3.23. The summed E-state index contributed by atoms with van der Waals surface area (Å²) in [6, 6.07) is 14.3. The molecule has 0 atom stereocenters. The summed E-state index contributed by atoms with van der Waals surface area (Å²) in [5, 5.41) is 0. The minimum Gasteiger partial charge on any atom is -0.496 e. The fourth-order valence-electron chi connectivity index (χ4n) is 2.99. The van der Waals surface area contributed by atoms with Crippen LogP contribution in [0.25, 0.3) is 22.6 Å². The molecule has 2 aromatic heterocycles. The van der Waals surface area contributed by atoms with Crippen LogP contribution in [-0.4, -0.2) is 22.1 Å². The summed E-state index contributed by atoms with van der Waals surface area (Å²) in [7, 11) is 1.59. The number of hydrogen-bond donors (Lipinski definition) is 1. The Bertz CT molecular complexity index is 1180. The molecule has 4 rings (SSSR count). The number of benzene rings is 2.